The summed E-state index contributed by atoms with van der Waals surface area (Å²) in [5.41, 5.74) is 7.09. The highest BCUT2D eigenvalue weighted by Gasteiger charge is 2.08. The standard InChI is InChI=1S/C12H25N3.HI/c1-10(2)9-15-11(13)14-8-6-7-12(3,4)5;/h1,6-9H2,2-5H3,(H3,13,14,15);1H. The van der Waals surface area contributed by atoms with E-state index in [9.17, 15) is 0 Å². The molecule has 16 heavy (non-hydrogen) atoms. The van der Waals surface area contributed by atoms with Crippen LogP contribution in [0.1, 0.15) is 40.5 Å². The van der Waals surface area contributed by atoms with Crippen molar-refractivity contribution in [1.82, 2.24) is 5.32 Å². The second-order valence-electron chi connectivity index (χ2n) is 5.25. The average Bonchev–Trinajstić information content (AvgIpc) is 2.07. The molecule has 0 saturated heterocycles. The summed E-state index contributed by atoms with van der Waals surface area (Å²) in [6.07, 6.45) is 2.31. The molecular weight excluding hydrogens is 313 g/mol. The first-order chi connectivity index (χ1) is 6.81. The van der Waals surface area contributed by atoms with Crippen molar-refractivity contribution in [2.45, 2.75) is 40.5 Å². The van der Waals surface area contributed by atoms with Crippen LogP contribution in [0.15, 0.2) is 17.1 Å². The van der Waals surface area contributed by atoms with Crippen molar-refractivity contribution in [2.24, 2.45) is 16.1 Å². The summed E-state index contributed by atoms with van der Waals surface area (Å²) in [7, 11) is 0. The van der Waals surface area contributed by atoms with Gasteiger partial charge in [-0.15, -0.1) is 24.0 Å². The molecule has 0 spiro atoms. The van der Waals surface area contributed by atoms with E-state index in [0.717, 1.165) is 18.5 Å². The zero-order valence-electron chi connectivity index (χ0n) is 11.0. The molecule has 0 heterocycles. The highest BCUT2D eigenvalue weighted by molar-refractivity contribution is 14.0. The van der Waals surface area contributed by atoms with E-state index in [0.29, 0.717) is 17.9 Å². The van der Waals surface area contributed by atoms with E-state index in [1.807, 2.05) is 6.92 Å². The van der Waals surface area contributed by atoms with Crippen LogP contribution in [0.4, 0.5) is 0 Å². The number of hydrogen-bond acceptors (Lipinski definition) is 1. The van der Waals surface area contributed by atoms with Gasteiger partial charge in [-0.1, -0.05) is 32.9 Å². The molecule has 4 heteroatoms. The molecule has 0 amide bonds. The number of nitrogens with one attached hydrogen (secondary N) is 1. The van der Waals surface area contributed by atoms with Crippen molar-refractivity contribution in [3.8, 4) is 0 Å². The summed E-state index contributed by atoms with van der Waals surface area (Å²) < 4.78 is 0. The van der Waals surface area contributed by atoms with Crippen molar-refractivity contribution in [2.75, 3.05) is 13.1 Å². The third kappa shape index (κ3) is 13.7. The minimum atomic E-state index is 0. The fourth-order valence-electron chi connectivity index (χ4n) is 1.11. The smallest absolute Gasteiger partial charge is 0.188 e. The highest BCUT2D eigenvalue weighted by atomic mass is 127. The van der Waals surface area contributed by atoms with E-state index in [2.05, 4.69) is 37.7 Å². The van der Waals surface area contributed by atoms with E-state index >= 15 is 0 Å². The van der Waals surface area contributed by atoms with E-state index in [1.165, 1.54) is 6.42 Å². The number of hydrogen-bond donors (Lipinski definition) is 2. The number of rotatable bonds is 5. The fraction of sp³-hybridized carbons (Fsp3) is 0.750. The molecule has 0 atom stereocenters. The lowest BCUT2D eigenvalue weighted by atomic mass is 9.91. The van der Waals surface area contributed by atoms with Gasteiger partial charge in [0.1, 0.15) is 0 Å². The first-order valence-electron chi connectivity index (χ1n) is 5.49. The van der Waals surface area contributed by atoms with Crippen molar-refractivity contribution >= 4 is 29.9 Å². The molecule has 0 unspecified atom stereocenters. The first kappa shape index (κ1) is 18.1. The maximum atomic E-state index is 5.67. The van der Waals surface area contributed by atoms with Crippen LogP contribution < -0.4 is 11.1 Å². The van der Waals surface area contributed by atoms with Gasteiger partial charge in [-0.2, -0.15) is 0 Å². The summed E-state index contributed by atoms with van der Waals surface area (Å²) in [6, 6.07) is 0. The second-order valence-corrected chi connectivity index (χ2v) is 5.25. The molecular formula is C12H26IN3. The molecule has 0 aliphatic heterocycles. The minimum absolute atomic E-state index is 0. The quantitative estimate of drug-likeness (QED) is 0.266. The van der Waals surface area contributed by atoms with Gasteiger partial charge in [-0.25, -0.2) is 4.99 Å². The summed E-state index contributed by atoms with van der Waals surface area (Å²) >= 11 is 0. The Morgan fingerprint density at radius 3 is 2.38 bits per heavy atom. The van der Waals surface area contributed by atoms with Gasteiger partial charge >= 0.3 is 0 Å². The molecule has 0 aromatic rings. The van der Waals surface area contributed by atoms with Gasteiger partial charge in [-0.3, -0.25) is 0 Å². The topological polar surface area (TPSA) is 50.4 Å². The van der Waals surface area contributed by atoms with E-state index in [-0.39, 0.29) is 24.0 Å². The number of halogens is 1. The molecule has 3 N–H and O–H groups in total. The molecule has 0 bridgehead atoms. The van der Waals surface area contributed by atoms with Gasteiger partial charge in [0.2, 0.25) is 0 Å². The minimum Gasteiger partial charge on any atom is -0.370 e. The van der Waals surface area contributed by atoms with Gasteiger partial charge in [0.25, 0.3) is 0 Å². The Morgan fingerprint density at radius 1 is 1.38 bits per heavy atom. The molecule has 0 radical (unpaired) electrons. The predicted molar refractivity (Wildman–Crippen MR) is 83.4 cm³/mol. The Kier molecular flexibility index (Phi) is 10.0. The van der Waals surface area contributed by atoms with Gasteiger partial charge in [0, 0.05) is 6.54 Å². The second kappa shape index (κ2) is 8.84. The zero-order chi connectivity index (χ0) is 11.9. The Labute approximate surface area is 117 Å². The molecule has 0 fully saturated rings. The van der Waals surface area contributed by atoms with Gasteiger partial charge < -0.3 is 11.1 Å². The maximum absolute atomic E-state index is 5.67. The largest absolute Gasteiger partial charge is 0.370 e. The third-order valence-electron chi connectivity index (χ3n) is 1.93. The summed E-state index contributed by atoms with van der Waals surface area (Å²) in [5, 5.41) is 3.10. The number of nitrogens with zero attached hydrogens (tertiary/aromatic N) is 1. The monoisotopic (exact) mass is 339 g/mol. The van der Waals surface area contributed by atoms with Crippen LogP contribution in [0, 0.1) is 5.41 Å². The van der Waals surface area contributed by atoms with Crippen molar-refractivity contribution in [1.29, 1.82) is 0 Å². The molecule has 96 valence electrons. The summed E-state index contributed by atoms with van der Waals surface area (Å²) in [6.45, 7) is 13.9. The summed E-state index contributed by atoms with van der Waals surface area (Å²) in [5.74, 6) is 0.520. The normalized spacial score (nSPS) is 11.9. The maximum Gasteiger partial charge on any atom is 0.188 e. The van der Waals surface area contributed by atoms with Crippen LogP contribution in [0.5, 0.6) is 0 Å². The van der Waals surface area contributed by atoms with Crippen molar-refractivity contribution < 1.29 is 0 Å². The van der Waals surface area contributed by atoms with E-state index < -0.39 is 0 Å². The average molecular weight is 339 g/mol. The molecule has 3 nitrogen and oxygen atoms in total. The number of aliphatic imine (C=N–C) groups is 1. The predicted octanol–water partition coefficient (Wildman–Crippen LogP) is 2.91. The SMILES string of the molecule is C=C(C)CN=C(N)NCCCC(C)(C)C.I. The number of nitrogens with two attached hydrogens (primary N) is 1. The Balaban J connectivity index is 0. The first-order valence-corrected chi connectivity index (χ1v) is 5.49. The molecule has 0 rings (SSSR count). The van der Waals surface area contributed by atoms with Crippen LogP contribution in [0.25, 0.3) is 0 Å². The molecule has 0 saturated carbocycles. The fourth-order valence-corrected chi connectivity index (χ4v) is 1.11. The lowest BCUT2D eigenvalue weighted by Crippen LogP contribution is -2.33. The molecule has 0 aliphatic rings. The van der Waals surface area contributed by atoms with Crippen LogP contribution in [-0.4, -0.2) is 19.0 Å². The van der Waals surface area contributed by atoms with Gasteiger partial charge in [0.15, 0.2) is 5.96 Å². The molecule has 0 aromatic heterocycles. The zero-order valence-corrected chi connectivity index (χ0v) is 13.3. The Hall–Kier alpha value is -0.260. The highest BCUT2D eigenvalue weighted by Crippen LogP contribution is 2.19. The molecule has 0 aromatic carbocycles. The van der Waals surface area contributed by atoms with Crippen LogP contribution in [-0.2, 0) is 0 Å². The van der Waals surface area contributed by atoms with Gasteiger partial charge in [0.05, 0.1) is 6.54 Å². The van der Waals surface area contributed by atoms with Crippen molar-refractivity contribution in [3.63, 3.8) is 0 Å². The van der Waals surface area contributed by atoms with Gasteiger partial charge in [-0.05, 0) is 25.2 Å². The Bertz CT molecular complexity index is 229. The third-order valence-corrected chi connectivity index (χ3v) is 1.93. The molecule has 0 aliphatic carbocycles. The number of guanidine groups is 1. The Morgan fingerprint density at radius 2 is 1.94 bits per heavy atom. The van der Waals surface area contributed by atoms with Crippen LogP contribution in [0.2, 0.25) is 0 Å². The summed E-state index contributed by atoms with van der Waals surface area (Å²) in [4.78, 5) is 4.14. The van der Waals surface area contributed by atoms with Crippen molar-refractivity contribution in [3.05, 3.63) is 12.2 Å². The van der Waals surface area contributed by atoms with E-state index in [4.69, 9.17) is 5.73 Å². The lowest BCUT2D eigenvalue weighted by molar-refractivity contribution is 0.365. The van der Waals surface area contributed by atoms with Crippen LogP contribution in [0.3, 0.4) is 0 Å². The van der Waals surface area contributed by atoms with E-state index in [1.54, 1.807) is 0 Å². The lowest BCUT2D eigenvalue weighted by Gasteiger charge is -2.17. The van der Waals surface area contributed by atoms with Crippen LogP contribution >= 0.6 is 24.0 Å².